The predicted molar refractivity (Wildman–Crippen MR) is 122 cm³/mol. The Kier molecular flexibility index (Phi) is 8.55. The molecule has 0 aliphatic heterocycles. The van der Waals surface area contributed by atoms with Crippen LogP contribution < -0.4 is 20.5 Å². The summed E-state index contributed by atoms with van der Waals surface area (Å²) in [6.45, 7) is 5.18. The van der Waals surface area contributed by atoms with E-state index in [1.54, 1.807) is 25.1 Å². The third-order valence-electron chi connectivity index (χ3n) is 3.76. The lowest BCUT2D eigenvalue weighted by Crippen LogP contribution is -2.17. The molecule has 0 bridgehead atoms. The van der Waals surface area contributed by atoms with Gasteiger partial charge in [-0.2, -0.15) is 0 Å². The minimum absolute atomic E-state index is 0.171. The normalized spacial score (nSPS) is 12.4. The maximum absolute atomic E-state index is 12.3. The molecule has 0 radical (unpaired) electrons. The van der Waals surface area contributed by atoms with Gasteiger partial charge in [-0.25, -0.2) is 8.42 Å². The average molecular weight is 465 g/mol. The van der Waals surface area contributed by atoms with Crippen molar-refractivity contribution in [1.29, 1.82) is 0 Å². The van der Waals surface area contributed by atoms with Crippen LogP contribution in [0.15, 0.2) is 70.5 Å². The van der Waals surface area contributed by atoms with Crippen molar-refractivity contribution in [3.63, 3.8) is 0 Å². The maximum Gasteiger partial charge on any atom is 0.261 e. The molecular formula is C21H24N2O6S2. The molecule has 0 unspecified atom stereocenters. The lowest BCUT2D eigenvalue weighted by atomic mass is 10.2. The average Bonchev–Trinajstić information content (AvgIpc) is 2.71. The van der Waals surface area contributed by atoms with E-state index in [4.69, 9.17) is 15.2 Å². The fourth-order valence-corrected chi connectivity index (χ4v) is 3.34. The molecule has 0 aliphatic carbocycles. The van der Waals surface area contributed by atoms with Crippen LogP contribution in [0.4, 0.5) is 5.69 Å². The molecule has 0 heterocycles. The number of sulfone groups is 1. The van der Waals surface area contributed by atoms with Gasteiger partial charge >= 0.3 is 0 Å². The molecule has 1 amide bonds. The highest BCUT2D eigenvalue weighted by Gasteiger charge is 2.12. The largest absolute Gasteiger partial charge is 0.488 e. The van der Waals surface area contributed by atoms with Gasteiger partial charge in [0, 0.05) is 36.3 Å². The molecule has 2 aromatic carbocycles. The summed E-state index contributed by atoms with van der Waals surface area (Å²) in [7, 11) is -3.32. The summed E-state index contributed by atoms with van der Waals surface area (Å²) < 4.78 is 34.7. The van der Waals surface area contributed by atoms with Gasteiger partial charge in [0.15, 0.2) is 9.84 Å². The Balaban J connectivity index is 2.28. The van der Waals surface area contributed by atoms with Gasteiger partial charge in [0.25, 0.3) is 5.91 Å². The third-order valence-corrected chi connectivity index (χ3v) is 5.65. The highest BCUT2D eigenvalue weighted by molar-refractivity contribution is 8.06. The van der Waals surface area contributed by atoms with E-state index in [1.807, 2.05) is 0 Å². The Morgan fingerprint density at radius 3 is 2.45 bits per heavy atom. The summed E-state index contributed by atoms with van der Waals surface area (Å²) in [6.07, 6.45) is 1.94. The number of nitrogens with two attached hydrogens (primary N) is 1. The van der Waals surface area contributed by atoms with E-state index in [9.17, 15) is 18.3 Å². The first-order valence-electron chi connectivity index (χ1n) is 9.06. The van der Waals surface area contributed by atoms with Crippen LogP contribution in [0, 0.1) is 0 Å². The molecule has 1 atom stereocenters. The van der Waals surface area contributed by atoms with Crippen molar-refractivity contribution >= 4 is 33.2 Å². The second-order valence-corrected chi connectivity index (χ2v) is 9.49. The van der Waals surface area contributed by atoms with E-state index in [2.05, 4.69) is 11.9 Å². The number of thioether (sulfide) groups is 1. The molecule has 0 fully saturated rings. The van der Waals surface area contributed by atoms with Crippen molar-refractivity contribution in [3.8, 4) is 17.2 Å². The Bertz CT molecular complexity index is 1070. The molecule has 31 heavy (non-hydrogen) atoms. The molecule has 4 N–H and O–H groups in total. The summed E-state index contributed by atoms with van der Waals surface area (Å²) in [5, 5.41) is 13.5. The standard InChI is InChI=1S/C21H24N2O6S2/c1-14(13-24)28-18-10-16(23-21(25)15(2)30-9-8-22)11-19(12-18)29-17-4-6-20(7-5-17)31(3,26)27/h4-12,14,24H,2,13,22H2,1,3H3,(H,23,25)/b9-8-/t14-/m0/s1. The first kappa shape index (κ1) is 24.3. The van der Waals surface area contributed by atoms with Crippen LogP contribution in [0.2, 0.25) is 0 Å². The van der Waals surface area contributed by atoms with Crippen LogP contribution in [-0.2, 0) is 14.6 Å². The zero-order valence-electron chi connectivity index (χ0n) is 17.1. The summed E-state index contributed by atoms with van der Waals surface area (Å²) in [6, 6.07) is 10.7. The van der Waals surface area contributed by atoms with Gasteiger partial charge in [-0.15, -0.1) is 0 Å². The molecule has 0 aromatic heterocycles. The molecule has 166 valence electrons. The number of rotatable bonds is 10. The van der Waals surface area contributed by atoms with Crippen LogP contribution in [0.3, 0.4) is 0 Å². The fraction of sp³-hybridized carbons (Fsp3) is 0.190. The van der Waals surface area contributed by atoms with E-state index in [-0.39, 0.29) is 16.4 Å². The number of amides is 1. The molecule has 2 aromatic rings. The van der Waals surface area contributed by atoms with Gasteiger partial charge in [-0.1, -0.05) is 18.3 Å². The number of hydrogen-bond donors (Lipinski definition) is 3. The van der Waals surface area contributed by atoms with E-state index in [0.717, 1.165) is 18.0 Å². The molecule has 8 nitrogen and oxygen atoms in total. The second kappa shape index (κ2) is 10.9. The number of carbonyl (C=O) groups excluding carboxylic acids is 1. The zero-order chi connectivity index (χ0) is 23.0. The first-order valence-corrected chi connectivity index (χ1v) is 11.8. The van der Waals surface area contributed by atoms with E-state index < -0.39 is 21.8 Å². The van der Waals surface area contributed by atoms with Crippen LogP contribution >= 0.6 is 11.8 Å². The van der Waals surface area contributed by atoms with Crippen LogP contribution in [0.25, 0.3) is 0 Å². The molecule has 0 spiro atoms. The predicted octanol–water partition coefficient (Wildman–Crippen LogP) is 3.26. The maximum atomic E-state index is 12.3. The molecule has 0 aliphatic rings. The second-order valence-electron chi connectivity index (χ2n) is 6.47. The van der Waals surface area contributed by atoms with Crippen molar-refractivity contribution in [2.45, 2.75) is 17.9 Å². The monoisotopic (exact) mass is 464 g/mol. The van der Waals surface area contributed by atoms with Crippen molar-refractivity contribution in [2.75, 3.05) is 18.2 Å². The number of benzene rings is 2. The van der Waals surface area contributed by atoms with Crippen LogP contribution in [-0.4, -0.2) is 38.4 Å². The highest BCUT2D eigenvalue weighted by atomic mass is 32.2. The molecule has 10 heteroatoms. The van der Waals surface area contributed by atoms with Gasteiger partial charge in [-0.3, -0.25) is 4.79 Å². The van der Waals surface area contributed by atoms with Crippen LogP contribution in [0.1, 0.15) is 6.92 Å². The van der Waals surface area contributed by atoms with Crippen molar-refractivity contribution in [1.82, 2.24) is 0 Å². The molecule has 0 saturated carbocycles. The highest BCUT2D eigenvalue weighted by Crippen LogP contribution is 2.31. The number of ether oxygens (including phenoxy) is 2. The van der Waals surface area contributed by atoms with Gasteiger partial charge in [-0.05, 0) is 36.6 Å². The minimum Gasteiger partial charge on any atom is -0.488 e. The number of carbonyl (C=O) groups is 1. The fourth-order valence-electron chi connectivity index (χ4n) is 2.31. The Hall–Kier alpha value is -2.95. The Morgan fingerprint density at radius 2 is 1.87 bits per heavy atom. The van der Waals surface area contributed by atoms with Gasteiger partial charge in [0.1, 0.15) is 23.4 Å². The Labute approximate surface area is 185 Å². The SMILES string of the molecule is C=C(S/C=C\N)C(=O)Nc1cc(Oc2ccc(S(C)(=O)=O)cc2)cc(O[C@@H](C)CO)c1. The molecule has 2 rings (SSSR count). The smallest absolute Gasteiger partial charge is 0.261 e. The van der Waals surface area contributed by atoms with Crippen molar-refractivity contribution in [2.24, 2.45) is 5.73 Å². The van der Waals surface area contributed by atoms with E-state index >= 15 is 0 Å². The summed E-state index contributed by atoms with van der Waals surface area (Å²) in [5.41, 5.74) is 5.66. The van der Waals surface area contributed by atoms with Crippen molar-refractivity contribution < 1.29 is 27.8 Å². The van der Waals surface area contributed by atoms with Gasteiger partial charge in [0.2, 0.25) is 0 Å². The number of aliphatic hydroxyl groups is 1. The molecular weight excluding hydrogens is 440 g/mol. The summed E-state index contributed by atoms with van der Waals surface area (Å²) >= 11 is 1.08. The van der Waals surface area contributed by atoms with E-state index in [0.29, 0.717) is 22.9 Å². The Morgan fingerprint density at radius 1 is 1.23 bits per heavy atom. The lowest BCUT2D eigenvalue weighted by molar-refractivity contribution is -0.112. The van der Waals surface area contributed by atoms with Gasteiger partial charge in [0.05, 0.1) is 16.4 Å². The number of anilines is 1. The number of aliphatic hydroxyl groups excluding tert-OH is 1. The van der Waals surface area contributed by atoms with Gasteiger partial charge < -0.3 is 25.6 Å². The quantitative estimate of drug-likeness (QED) is 0.457. The van der Waals surface area contributed by atoms with Crippen molar-refractivity contribution in [3.05, 3.63) is 65.6 Å². The lowest BCUT2D eigenvalue weighted by Gasteiger charge is -2.16. The minimum atomic E-state index is -3.32. The number of nitrogens with one attached hydrogen (secondary N) is 1. The zero-order valence-corrected chi connectivity index (χ0v) is 18.7. The summed E-state index contributed by atoms with van der Waals surface area (Å²) in [4.78, 5) is 12.7. The topological polar surface area (TPSA) is 128 Å². The third kappa shape index (κ3) is 7.67. The first-order chi connectivity index (χ1) is 14.6. The van der Waals surface area contributed by atoms with E-state index in [1.165, 1.54) is 35.9 Å². The molecule has 0 saturated heterocycles. The van der Waals surface area contributed by atoms with Crippen LogP contribution in [0.5, 0.6) is 17.2 Å². The number of hydrogen-bond acceptors (Lipinski definition) is 8. The summed E-state index contributed by atoms with van der Waals surface area (Å²) in [5.74, 6) is 0.663.